The first kappa shape index (κ1) is 65.3. The minimum absolute atomic E-state index is 0.00791. The van der Waals surface area contributed by atoms with Crippen LogP contribution in [0.3, 0.4) is 0 Å². The fourth-order valence-corrected chi connectivity index (χ4v) is 15.0. The van der Waals surface area contributed by atoms with E-state index in [1.165, 1.54) is 14.7 Å². The summed E-state index contributed by atoms with van der Waals surface area (Å²) in [6.45, 7) is 0.0590. The lowest BCUT2D eigenvalue weighted by atomic mass is 9.84. The molecule has 0 bridgehead atoms. The Hall–Kier alpha value is -7.66. The number of carboxylic acid groups (broad SMARTS) is 1. The molecule has 5 heterocycles. The molecule has 29 heteroatoms. The summed E-state index contributed by atoms with van der Waals surface area (Å²) in [7, 11) is 2.23. The number of benzene rings is 2. The second-order valence-electron chi connectivity index (χ2n) is 23.1. The maximum absolute atomic E-state index is 15.7. The Balaban J connectivity index is 1.10. The zero-order valence-corrected chi connectivity index (χ0v) is 50.4. The Labute approximate surface area is 513 Å². The number of likely N-dealkylation sites (tertiary alicyclic amines) is 1. The third kappa shape index (κ3) is 16.9. The lowest BCUT2D eigenvalue weighted by Crippen LogP contribution is -2.62. The summed E-state index contributed by atoms with van der Waals surface area (Å²) < 4.78 is 0. The highest BCUT2D eigenvalue weighted by Crippen LogP contribution is 2.42. The molecule has 4 saturated heterocycles. The Morgan fingerprint density at radius 2 is 1.34 bits per heavy atom. The second-order valence-corrected chi connectivity index (χ2v) is 25.6. The van der Waals surface area contributed by atoms with Crippen LogP contribution in [0.15, 0.2) is 64.6 Å². The fraction of sp³-hybridized carbons (Fsp3) is 0.586. The van der Waals surface area contributed by atoms with E-state index in [1.54, 1.807) is 35.2 Å². The van der Waals surface area contributed by atoms with Crippen molar-refractivity contribution in [3.8, 4) is 0 Å². The van der Waals surface area contributed by atoms with Crippen molar-refractivity contribution in [2.24, 2.45) is 44.6 Å². The van der Waals surface area contributed by atoms with Gasteiger partial charge in [0.05, 0.1) is 12.6 Å². The first-order valence-electron chi connectivity index (χ1n) is 30.0. The molecular formula is C58H82N16O11S2. The Kier molecular flexibility index (Phi) is 23.1. The van der Waals surface area contributed by atoms with Gasteiger partial charge in [-0.05, 0) is 93.2 Å². The van der Waals surface area contributed by atoms with Crippen molar-refractivity contribution in [2.75, 3.05) is 44.2 Å². The number of carbonyl (C=O) groups excluding carboxylic acids is 9. The molecule has 3 unspecified atom stereocenters. The second kappa shape index (κ2) is 30.8. The van der Waals surface area contributed by atoms with Crippen molar-refractivity contribution in [3.05, 3.63) is 71.3 Å². The molecule has 27 nitrogen and oxygen atoms in total. The molecule has 2 aromatic carbocycles. The molecular weight excluding hydrogens is 1160 g/mol. The van der Waals surface area contributed by atoms with Crippen LogP contribution in [0.2, 0.25) is 0 Å². The van der Waals surface area contributed by atoms with E-state index in [1.807, 2.05) is 24.3 Å². The van der Waals surface area contributed by atoms with Crippen LogP contribution in [0, 0.1) is 5.92 Å². The van der Waals surface area contributed by atoms with Gasteiger partial charge in [0, 0.05) is 63.1 Å². The van der Waals surface area contributed by atoms with Crippen LogP contribution in [0.1, 0.15) is 100 Å². The maximum Gasteiger partial charge on any atom is 0.326 e. The van der Waals surface area contributed by atoms with E-state index >= 15 is 9.59 Å². The minimum atomic E-state index is -1.40. The number of aliphatic imine (C=N–C) groups is 2. The largest absolute Gasteiger partial charge is 0.480 e. The summed E-state index contributed by atoms with van der Waals surface area (Å²) in [6.07, 6.45) is 5.41. The molecule has 11 atom stereocenters. The van der Waals surface area contributed by atoms with E-state index in [9.17, 15) is 43.5 Å². The van der Waals surface area contributed by atoms with Crippen LogP contribution < -0.4 is 55.3 Å². The van der Waals surface area contributed by atoms with E-state index in [-0.39, 0.29) is 119 Å². The zero-order chi connectivity index (χ0) is 62.3. The normalized spacial score (nSPS) is 27.2. The quantitative estimate of drug-likeness (QED) is 0.0409. The number of rotatable bonds is 15. The Morgan fingerprint density at radius 1 is 0.690 bits per heavy atom. The molecule has 87 heavy (non-hydrogen) atoms. The van der Waals surface area contributed by atoms with E-state index in [4.69, 9.17) is 28.7 Å². The molecule has 1 saturated carbocycles. The number of aliphatic carboxylic acids is 1. The van der Waals surface area contributed by atoms with Gasteiger partial charge in [-0.25, -0.2) is 4.79 Å². The molecule has 472 valence electrons. The van der Waals surface area contributed by atoms with Gasteiger partial charge in [0.2, 0.25) is 53.2 Å². The topological polar surface area (TPSA) is 419 Å². The van der Waals surface area contributed by atoms with Crippen molar-refractivity contribution in [3.63, 3.8) is 0 Å². The Morgan fingerprint density at radius 3 is 2.06 bits per heavy atom. The van der Waals surface area contributed by atoms with Crippen molar-refractivity contribution >= 4 is 92.6 Å². The van der Waals surface area contributed by atoms with Gasteiger partial charge in [0.15, 0.2) is 11.9 Å². The zero-order valence-electron chi connectivity index (χ0n) is 48.7. The van der Waals surface area contributed by atoms with E-state index < -0.39 is 120 Å². The van der Waals surface area contributed by atoms with Gasteiger partial charge in [-0.1, -0.05) is 89.0 Å². The average Bonchev–Trinajstić information content (AvgIpc) is 2.29. The van der Waals surface area contributed by atoms with Crippen molar-refractivity contribution in [1.82, 2.24) is 46.2 Å². The molecule has 5 fully saturated rings. The number of amides is 9. The number of nitrogens with two attached hydrogens (primary N) is 5. The summed E-state index contributed by atoms with van der Waals surface area (Å²) in [5.41, 5.74) is 30.8. The first-order valence-corrected chi connectivity index (χ1v) is 32.4. The number of hydrogen-bond donors (Lipinski definition) is 11. The molecule has 0 aromatic heterocycles. The Bertz CT molecular complexity index is 2920. The summed E-state index contributed by atoms with van der Waals surface area (Å²) in [5, 5.41) is 24.0. The van der Waals surface area contributed by atoms with Crippen LogP contribution >= 0.6 is 21.6 Å². The highest BCUT2D eigenvalue weighted by Gasteiger charge is 2.52. The number of nitrogens with zero attached hydrogens (tertiary/aromatic N) is 6. The van der Waals surface area contributed by atoms with Crippen molar-refractivity contribution < 1.29 is 53.1 Å². The SMILES string of the molecule is NC(N)=NCCC[C@H](NC(=O)C1CC2CCCCC2N1C(=O)[C@H]1Cc2ccccc2CN1C(=O)[C@@H]1CSSC[C@H](N)C(=O)N[C@@H](CCCN=C(N)N)C(=O)N2CCC[C@H]2C(=O)N2CCC[C@H]2C(=O)NCC(=O)N[C@@H](Cc2ccccc2)C(=O)N1)C(=O)O. The highest BCUT2D eigenvalue weighted by molar-refractivity contribution is 8.76. The fourth-order valence-electron chi connectivity index (χ4n) is 12.8. The van der Waals surface area contributed by atoms with Crippen LogP contribution in [0.25, 0.3) is 0 Å². The smallest absolute Gasteiger partial charge is 0.326 e. The van der Waals surface area contributed by atoms with Gasteiger partial charge in [-0.2, -0.15) is 0 Å². The van der Waals surface area contributed by atoms with Gasteiger partial charge in [0.1, 0.15) is 48.3 Å². The predicted molar refractivity (Wildman–Crippen MR) is 326 cm³/mol. The van der Waals surface area contributed by atoms with Crippen LogP contribution in [0.5, 0.6) is 0 Å². The summed E-state index contributed by atoms with van der Waals surface area (Å²) in [6, 6.07) is 5.22. The van der Waals surface area contributed by atoms with Crippen LogP contribution in [-0.4, -0.2) is 200 Å². The summed E-state index contributed by atoms with van der Waals surface area (Å²) in [5.74, 6) is -7.44. The molecule has 1 aliphatic carbocycles. The summed E-state index contributed by atoms with van der Waals surface area (Å²) >= 11 is 0. The standard InChI is InChI=1S/C58H82N16O11S2/c59-37-31-86-87-32-41(53(81)73-30-36-16-5-4-14-34(36)27-46(73)55(83)74-42-19-7-6-15-35(42)28-45(74)51(79)69-39(56(84)85)18-9-23-65-58(62)63)70-49(77)40(26-33-12-2-1-3-13-33)67-47(75)29-66-50(78)43-20-10-24-71(43)54(82)44-21-11-25-72(44)52(80)38(68-48(37)76)17-8-22-64-57(60)61/h1-5,12-14,16,35,37-46H,6-11,15,17-32,59H2,(H,66,78)(H,67,75)(H,68,76)(H,69,79)(H,70,77)(H,84,85)(H4,60,61,64)(H4,62,63,65)/t35?,37-,38-,39-,40-,41-,42?,43-,44-,45?,46+/m0/s1. The molecule has 8 rings (SSSR count). The molecule has 5 aliphatic heterocycles. The third-order valence-corrected chi connectivity index (χ3v) is 19.6. The van der Waals surface area contributed by atoms with E-state index in [0.717, 1.165) is 52.0 Å². The van der Waals surface area contributed by atoms with Crippen molar-refractivity contribution in [1.29, 1.82) is 0 Å². The number of nitrogens with one attached hydrogen (secondary N) is 5. The minimum Gasteiger partial charge on any atom is -0.480 e. The average molecular weight is 1240 g/mol. The molecule has 0 spiro atoms. The number of carbonyl (C=O) groups is 10. The lowest BCUT2D eigenvalue weighted by molar-refractivity contribution is -0.153. The number of carboxylic acids is 1. The maximum atomic E-state index is 15.7. The van der Waals surface area contributed by atoms with Gasteiger partial charge in [-0.3, -0.25) is 53.1 Å². The van der Waals surface area contributed by atoms with Gasteiger partial charge in [-0.15, -0.1) is 0 Å². The highest BCUT2D eigenvalue weighted by atomic mass is 33.1. The number of guanidine groups is 2. The van der Waals surface area contributed by atoms with Gasteiger partial charge < -0.3 is 80.0 Å². The first-order chi connectivity index (χ1) is 41.8. The van der Waals surface area contributed by atoms with Crippen LogP contribution in [0.4, 0.5) is 0 Å². The van der Waals surface area contributed by atoms with Crippen molar-refractivity contribution in [2.45, 2.75) is 163 Å². The van der Waals surface area contributed by atoms with Gasteiger partial charge >= 0.3 is 5.97 Å². The molecule has 16 N–H and O–H groups in total. The number of hydrogen-bond acceptors (Lipinski definition) is 15. The molecule has 0 radical (unpaired) electrons. The molecule has 9 amide bonds. The number of fused-ring (bicyclic) bond motifs is 4. The molecule has 2 aromatic rings. The molecule has 6 aliphatic rings. The lowest BCUT2D eigenvalue weighted by Gasteiger charge is -2.42. The monoisotopic (exact) mass is 1240 g/mol. The summed E-state index contributed by atoms with van der Waals surface area (Å²) in [4.78, 5) is 158. The van der Waals surface area contributed by atoms with E-state index in [0.29, 0.717) is 31.2 Å². The van der Waals surface area contributed by atoms with E-state index in [2.05, 4.69) is 36.6 Å². The predicted octanol–water partition coefficient (Wildman–Crippen LogP) is -1.71. The van der Waals surface area contributed by atoms with Crippen LogP contribution in [-0.2, 0) is 67.3 Å². The van der Waals surface area contributed by atoms with Gasteiger partial charge in [0.25, 0.3) is 0 Å². The third-order valence-electron chi connectivity index (χ3n) is 17.1.